The van der Waals surface area contributed by atoms with Crippen molar-refractivity contribution in [2.75, 3.05) is 0 Å². The summed E-state index contributed by atoms with van der Waals surface area (Å²) in [6.45, 7) is 2.47. The first-order valence-corrected chi connectivity index (χ1v) is 11.5. The Labute approximate surface area is 182 Å². The Morgan fingerprint density at radius 2 is 1.81 bits per heavy atom. The summed E-state index contributed by atoms with van der Waals surface area (Å²) in [7, 11) is 0. The van der Waals surface area contributed by atoms with E-state index >= 15 is 0 Å². The van der Waals surface area contributed by atoms with Crippen molar-refractivity contribution in [2.45, 2.75) is 39.0 Å². The topological polar surface area (TPSA) is 67.3 Å². The van der Waals surface area contributed by atoms with Crippen molar-refractivity contribution < 1.29 is 0 Å². The number of H-pyrrole nitrogens is 1. The molecule has 3 heterocycles. The quantitative estimate of drug-likeness (QED) is 0.470. The molecule has 0 saturated heterocycles. The van der Waals surface area contributed by atoms with E-state index in [1.54, 1.807) is 6.33 Å². The highest BCUT2D eigenvalue weighted by molar-refractivity contribution is 5.91. The molecular formula is C26H27N5. The fourth-order valence-electron chi connectivity index (χ4n) is 6.00. The second-order valence-corrected chi connectivity index (χ2v) is 9.32. The summed E-state index contributed by atoms with van der Waals surface area (Å²) in [4.78, 5) is 21.8. The summed E-state index contributed by atoms with van der Waals surface area (Å²) in [5.74, 6) is 4.01. The average Bonchev–Trinajstić information content (AvgIpc) is 3.26. The van der Waals surface area contributed by atoms with Crippen LogP contribution in [0.2, 0.25) is 0 Å². The second kappa shape index (κ2) is 7.56. The van der Waals surface area contributed by atoms with Crippen LogP contribution >= 0.6 is 0 Å². The van der Waals surface area contributed by atoms with Gasteiger partial charge in [-0.2, -0.15) is 0 Å². The fraction of sp³-hybridized carbons (Fsp3) is 0.385. The monoisotopic (exact) mass is 409 g/mol. The number of nitrogens with one attached hydrogen (secondary N) is 1. The highest BCUT2D eigenvalue weighted by Crippen LogP contribution is 2.49. The molecule has 156 valence electrons. The van der Waals surface area contributed by atoms with Crippen LogP contribution in [0.4, 0.5) is 0 Å². The van der Waals surface area contributed by atoms with Gasteiger partial charge in [-0.05, 0) is 61.8 Å². The molecule has 3 aromatic heterocycles. The zero-order chi connectivity index (χ0) is 20.8. The smallest absolute Gasteiger partial charge is 0.162 e. The molecule has 1 aromatic carbocycles. The minimum atomic E-state index is 0.727. The third kappa shape index (κ3) is 3.32. The molecule has 0 radical (unpaired) electrons. The lowest BCUT2D eigenvalue weighted by Crippen LogP contribution is -2.39. The number of benzene rings is 1. The third-order valence-corrected chi connectivity index (χ3v) is 7.73. The summed E-state index contributed by atoms with van der Waals surface area (Å²) in [5.41, 5.74) is 5.05. The molecule has 3 aliphatic rings. The summed E-state index contributed by atoms with van der Waals surface area (Å²) in [6, 6.07) is 12.6. The van der Waals surface area contributed by atoms with E-state index in [4.69, 9.17) is 9.97 Å². The Hall–Kier alpha value is -3.08. The van der Waals surface area contributed by atoms with Gasteiger partial charge in [0.2, 0.25) is 0 Å². The van der Waals surface area contributed by atoms with Gasteiger partial charge in [0.05, 0.1) is 5.69 Å². The lowest BCUT2D eigenvalue weighted by molar-refractivity contribution is 0.0339. The Balaban J connectivity index is 1.44. The predicted molar refractivity (Wildman–Crippen MR) is 122 cm³/mol. The number of nitrogens with zero attached hydrogens (tertiary/aromatic N) is 4. The predicted octanol–water partition coefficient (Wildman–Crippen LogP) is 5.70. The number of rotatable bonds is 4. The molecular weight excluding hydrogens is 382 g/mol. The zero-order valence-corrected chi connectivity index (χ0v) is 17.8. The number of aromatic amines is 1. The molecule has 4 aromatic rings. The van der Waals surface area contributed by atoms with E-state index < -0.39 is 0 Å². The summed E-state index contributed by atoms with van der Waals surface area (Å²) < 4.78 is 0. The van der Waals surface area contributed by atoms with E-state index in [1.165, 1.54) is 25.7 Å². The van der Waals surface area contributed by atoms with Crippen molar-refractivity contribution >= 4 is 11.0 Å². The first-order valence-electron chi connectivity index (χ1n) is 11.5. The minimum absolute atomic E-state index is 0.727. The maximum absolute atomic E-state index is 5.08. The van der Waals surface area contributed by atoms with Crippen molar-refractivity contribution in [2.24, 2.45) is 23.7 Å². The van der Waals surface area contributed by atoms with Crippen LogP contribution in [0.1, 0.15) is 38.3 Å². The Bertz CT molecular complexity index is 1200. The van der Waals surface area contributed by atoms with Gasteiger partial charge in [-0.3, -0.25) is 0 Å². The summed E-state index contributed by atoms with van der Waals surface area (Å²) in [5, 5.41) is 0.962. The Morgan fingerprint density at radius 3 is 2.61 bits per heavy atom. The van der Waals surface area contributed by atoms with E-state index in [-0.39, 0.29) is 0 Å². The number of aromatic nitrogens is 5. The van der Waals surface area contributed by atoms with Gasteiger partial charge in [0.25, 0.3) is 0 Å². The van der Waals surface area contributed by atoms with Crippen LogP contribution in [0.5, 0.6) is 0 Å². The van der Waals surface area contributed by atoms with E-state index in [1.807, 2.05) is 18.5 Å². The van der Waals surface area contributed by atoms with Crippen LogP contribution in [0.3, 0.4) is 0 Å². The molecule has 0 unspecified atom stereocenters. The SMILES string of the molecule is C[C@@H]1C2CCC(CC2)[C@H]1Cc1cc(-c2ccccc2)nc(-c2c[nH]c3ncncc23)n1. The normalized spacial score (nSPS) is 25.2. The molecule has 7 rings (SSSR count). The van der Waals surface area contributed by atoms with Gasteiger partial charge >= 0.3 is 0 Å². The molecule has 0 spiro atoms. The lowest BCUT2D eigenvalue weighted by atomic mass is 9.58. The van der Waals surface area contributed by atoms with Crippen LogP contribution in [0.25, 0.3) is 33.7 Å². The highest BCUT2D eigenvalue weighted by Gasteiger charge is 2.41. The van der Waals surface area contributed by atoms with Gasteiger partial charge in [-0.15, -0.1) is 0 Å². The van der Waals surface area contributed by atoms with Crippen molar-refractivity contribution in [3.05, 3.63) is 60.8 Å². The minimum Gasteiger partial charge on any atom is -0.345 e. The fourth-order valence-corrected chi connectivity index (χ4v) is 6.00. The number of hydrogen-bond donors (Lipinski definition) is 1. The van der Waals surface area contributed by atoms with Crippen molar-refractivity contribution in [1.29, 1.82) is 0 Å². The standard InChI is InChI=1S/C26H27N5/c1-16-17-7-9-18(10-8-17)21(16)11-20-12-24(19-5-3-2-4-6-19)31-26(30-20)23-14-28-25-22(23)13-27-15-29-25/h2-6,12-18,21H,7-11H2,1H3,(H,27,28,29)/t16-,17?,18?,21+/m1/s1. The zero-order valence-electron chi connectivity index (χ0n) is 17.8. The highest BCUT2D eigenvalue weighted by atomic mass is 14.9. The van der Waals surface area contributed by atoms with Gasteiger partial charge in [-0.1, -0.05) is 37.3 Å². The van der Waals surface area contributed by atoms with Crippen LogP contribution in [0, 0.1) is 23.7 Å². The van der Waals surface area contributed by atoms with Gasteiger partial charge < -0.3 is 4.98 Å². The first kappa shape index (κ1) is 18.7. The second-order valence-electron chi connectivity index (χ2n) is 9.32. The molecule has 2 bridgehead atoms. The van der Waals surface area contributed by atoms with Crippen LogP contribution < -0.4 is 0 Å². The van der Waals surface area contributed by atoms with Gasteiger partial charge in [0.1, 0.15) is 12.0 Å². The Kier molecular flexibility index (Phi) is 4.55. The molecule has 3 fully saturated rings. The van der Waals surface area contributed by atoms with E-state index in [0.717, 1.165) is 69.5 Å². The van der Waals surface area contributed by atoms with Crippen molar-refractivity contribution in [1.82, 2.24) is 24.9 Å². The Morgan fingerprint density at radius 1 is 1.00 bits per heavy atom. The van der Waals surface area contributed by atoms with Gasteiger partial charge in [0, 0.05) is 34.6 Å². The van der Waals surface area contributed by atoms with Gasteiger partial charge in [-0.25, -0.2) is 19.9 Å². The van der Waals surface area contributed by atoms with Crippen LogP contribution in [-0.2, 0) is 6.42 Å². The molecule has 3 saturated carbocycles. The van der Waals surface area contributed by atoms with Crippen molar-refractivity contribution in [3.8, 4) is 22.6 Å². The largest absolute Gasteiger partial charge is 0.345 e. The summed E-state index contributed by atoms with van der Waals surface area (Å²) >= 11 is 0. The van der Waals surface area contributed by atoms with E-state index in [0.29, 0.717) is 0 Å². The first-order chi connectivity index (χ1) is 15.3. The molecule has 2 atom stereocenters. The molecule has 0 amide bonds. The molecule has 5 heteroatoms. The number of fused-ring (bicyclic) bond motifs is 4. The van der Waals surface area contributed by atoms with Crippen LogP contribution in [-0.4, -0.2) is 24.9 Å². The average molecular weight is 410 g/mol. The van der Waals surface area contributed by atoms with Crippen molar-refractivity contribution in [3.63, 3.8) is 0 Å². The number of hydrogen-bond acceptors (Lipinski definition) is 4. The molecule has 1 N–H and O–H groups in total. The molecule has 3 aliphatic carbocycles. The third-order valence-electron chi connectivity index (χ3n) is 7.73. The maximum atomic E-state index is 5.08. The van der Waals surface area contributed by atoms with E-state index in [2.05, 4.69) is 52.2 Å². The van der Waals surface area contributed by atoms with E-state index in [9.17, 15) is 0 Å². The molecule has 0 aliphatic heterocycles. The molecule has 5 nitrogen and oxygen atoms in total. The molecule has 31 heavy (non-hydrogen) atoms. The van der Waals surface area contributed by atoms with Crippen LogP contribution in [0.15, 0.2) is 55.1 Å². The lowest BCUT2D eigenvalue weighted by Gasteiger charge is -2.47. The maximum Gasteiger partial charge on any atom is 0.162 e. The summed E-state index contributed by atoms with van der Waals surface area (Å²) in [6.07, 6.45) is 12.0. The van der Waals surface area contributed by atoms with Gasteiger partial charge in [0.15, 0.2) is 5.82 Å².